The molecule has 1 saturated heterocycles. The normalized spacial score (nSPS) is 29.5. The maximum atomic E-state index is 11.0. The molecule has 25 heavy (non-hydrogen) atoms. The fourth-order valence-corrected chi connectivity index (χ4v) is 2.18. The van der Waals surface area contributed by atoms with Crippen molar-refractivity contribution in [2.75, 3.05) is 0 Å². The summed E-state index contributed by atoms with van der Waals surface area (Å²) in [5.74, 6) is -3.38. The Morgan fingerprint density at radius 2 is 1.76 bits per heavy atom. The van der Waals surface area contributed by atoms with Crippen LogP contribution >= 0.6 is 0 Å². The first-order valence-electron chi connectivity index (χ1n) is 7.04. The lowest BCUT2D eigenvalue weighted by molar-refractivity contribution is -0.271. The maximum Gasteiger partial charge on any atom is 0.335 e. The van der Waals surface area contributed by atoms with Crippen LogP contribution in [0.5, 0.6) is 11.5 Å². The molecule has 0 amide bonds. The molecule has 0 bridgehead atoms. The van der Waals surface area contributed by atoms with Crippen LogP contribution in [-0.4, -0.2) is 73.3 Å². The van der Waals surface area contributed by atoms with Crippen molar-refractivity contribution in [1.29, 1.82) is 0 Å². The van der Waals surface area contributed by atoms with Crippen molar-refractivity contribution in [3.63, 3.8) is 0 Å². The van der Waals surface area contributed by atoms with Gasteiger partial charge in [-0.3, -0.25) is 0 Å². The van der Waals surface area contributed by atoms with E-state index in [-0.39, 0.29) is 5.75 Å². The molecule has 0 aromatic heterocycles. The molecule has 6 N–H and O–H groups in total. The van der Waals surface area contributed by atoms with Gasteiger partial charge in [0.2, 0.25) is 6.29 Å². The van der Waals surface area contributed by atoms with Gasteiger partial charge in [-0.25, -0.2) is 9.59 Å². The summed E-state index contributed by atoms with van der Waals surface area (Å²) in [5.41, 5.74) is 0.344. The molecular formula is C15H16O10. The fourth-order valence-electron chi connectivity index (χ4n) is 2.18. The molecule has 2 rings (SSSR count). The molecule has 1 fully saturated rings. The maximum absolute atomic E-state index is 11.0. The number of phenols is 1. The van der Waals surface area contributed by atoms with Crippen LogP contribution < -0.4 is 4.74 Å². The van der Waals surface area contributed by atoms with Crippen molar-refractivity contribution in [2.45, 2.75) is 30.7 Å². The highest BCUT2D eigenvalue weighted by atomic mass is 16.7. The van der Waals surface area contributed by atoms with Crippen molar-refractivity contribution >= 4 is 18.0 Å². The number of ether oxygens (including phenoxy) is 2. The molecule has 1 heterocycles. The van der Waals surface area contributed by atoms with E-state index in [1.807, 2.05) is 0 Å². The van der Waals surface area contributed by atoms with Crippen molar-refractivity contribution in [1.82, 2.24) is 0 Å². The number of rotatable bonds is 5. The number of phenolic OH excluding ortho intramolecular Hbond substituents is 1. The minimum Gasteiger partial charge on any atom is -0.504 e. The number of carbonyl (C=O) groups is 2. The van der Waals surface area contributed by atoms with Crippen molar-refractivity contribution in [2.24, 2.45) is 0 Å². The van der Waals surface area contributed by atoms with Crippen LogP contribution in [0.2, 0.25) is 0 Å². The molecular weight excluding hydrogens is 340 g/mol. The zero-order valence-electron chi connectivity index (χ0n) is 12.6. The van der Waals surface area contributed by atoms with E-state index in [9.17, 15) is 30.0 Å². The van der Waals surface area contributed by atoms with Gasteiger partial charge in [0.15, 0.2) is 17.6 Å². The van der Waals surface area contributed by atoms with E-state index in [2.05, 4.69) is 0 Å². The monoisotopic (exact) mass is 356 g/mol. The first-order chi connectivity index (χ1) is 11.7. The number of hydrogen-bond donors (Lipinski definition) is 6. The van der Waals surface area contributed by atoms with E-state index in [0.29, 0.717) is 5.56 Å². The van der Waals surface area contributed by atoms with Crippen molar-refractivity contribution in [3.05, 3.63) is 29.8 Å². The molecule has 0 saturated carbocycles. The molecule has 136 valence electrons. The lowest BCUT2D eigenvalue weighted by Gasteiger charge is -2.38. The highest BCUT2D eigenvalue weighted by Gasteiger charge is 2.48. The van der Waals surface area contributed by atoms with Crippen LogP contribution in [0.4, 0.5) is 0 Å². The van der Waals surface area contributed by atoms with Crippen molar-refractivity contribution in [3.8, 4) is 11.5 Å². The highest BCUT2D eigenvalue weighted by Crippen LogP contribution is 2.31. The van der Waals surface area contributed by atoms with Crippen LogP contribution in [-0.2, 0) is 14.3 Å². The molecule has 5 atom stereocenters. The Balaban J connectivity index is 2.17. The quantitative estimate of drug-likeness (QED) is 0.350. The van der Waals surface area contributed by atoms with Crippen LogP contribution in [0.3, 0.4) is 0 Å². The van der Waals surface area contributed by atoms with E-state index in [4.69, 9.17) is 19.7 Å². The number of benzene rings is 1. The number of aromatic hydroxyl groups is 1. The Bertz CT molecular complexity index is 685. The minimum atomic E-state index is -1.86. The molecule has 1 aliphatic heterocycles. The van der Waals surface area contributed by atoms with Gasteiger partial charge in [0.25, 0.3) is 0 Å². The first-order valence-corrected chi connectivity index (χ1v) is 7.04. The zero-order valence-corrected chi connectivity index (χ0v) is 12.6. The third-order valence-corrected chi connectivity index (χ3v) is 3.46. The average Bonchev–Trinajstić information content (AvgIpc) is 2.54. The number of aliphatic hydroxyl groups is 3. The molecule has 1 unspecified atom stereocenters. The summed E-state index contributed by atoms with van der Waals surface area (Å²) in [5, 5.41) is 56.5. The van der Waals surface area contributed by atoms with Gasteiger partial charge in [-0.1, -0.05) is 6.07 Å². The molecule has 10 heteroatoms. The van der Waals surface area contributed by atoms with Crippen LogP contribution in [0.25, 0.3) is 6.08 Å². The van der Waals surface area contributed by atoms with Crippen LogP contribution in [0.1, 0.15) is 5.56 Å². The summed E-state index contributed by atoms with van der Waals surface area (Å²) in [4.78, 5) is 21.5. The second-order valence-corrected chi connectivity index (χ2v) is 5.25. The van der Waals surface area contributed by atoms with E-state index in [0.717, 1.165) is 6.08 Å². The average molecular weight is 356 g/mol. The number of aliphatic carboxylic acids is 2. The molecule has 1 aromatic carbocycles. The number of aliphatic hydroxyl groups excluding tert-OH is 3. The second-order valence-electron chi connectivity index (χ2n) is 5.25. The first kappa shape index (κ1) is 18.7. The number of hydrogen-bond acceptors (Lipinski definition) is 8. The zero-order chi connectivity index (χ0) is 18.7. The predicted octanol–water partition coefficient (Wildman–Crippen LogP) is -1.24. The Hall–Kier alpha value is -2.66. The standard InChI is InChI=1S/C15H16O10/c16-7-5-6(2-4-9(17)18)1-3-8(7)24-15-12(21)10(19)11(20)13(25-15)14(22)23/h1-5,10-13,15-16,19-21H,(H,17,18)(H,22,23)/b4-2+/t10-,11-,12+,13-,15?/m0/s1. The summed E-state index contributed by atoms with van der Waals surface area (Å²) < 4.78 is 10.1. The van der Waals surface area contributed by atoms with E-state index in [1.54, 1.807) is 0 Å². The van der Waals surface area contributed by atoms with Crippen LogP contribution in [0.15, 0.2) is 24.3 Å². The lowest BCUT2D eigenvalue weighted by atomic mass is 9.99. The fraction of sp³-hybridized carbons (Fsp3) is 0.333. The van der Waals surface area contributed by atoms with E-state index < -0.39 is 48.4 Å². The summed E-state index contributed by atoms with van der Waals surface area (Å²) in [7, 11) is 0. The van der Waals surface area contributed by atoms with Crippen LogP contribution in [0, 0.1) is 0 Å². The second kappa shape index (κ2) is 7.49. The summed E-state index contributed by atoms with van der Waals surface area (Å²) in [6, 6.07) is 3.80. The predicted molar refractivity (Wildman–Crippen MR) is 79.7 cm³/mol. The van der Waals surface area contributed by atoms with Gasteiger partial charge in [0, 0.05) is 6.08 Å². The van der Waals surface area contributed by atoms with E-state index >= 15 is 0 Å². The van der Waals surface area contributed by atoms with Gasteiger partial charge in [-0.2, -0.15) is 0 Å². The van der Waals surface area contributed by atoms with Gasteiger partial charge >= 0.3 is 11.9 Å². The third-order valence-electron chi connectivity index (χ3n) is 3.46. The SMILES string of the molecule is O=C(O)/C=C/c1ccc(OC2O[C@H](C(=O)O)[C@@H](O)[C@H](O)[C@H]2O)c(O)c1. The summed E-state index contributed by atoms with van der Waals surface area (Å²) >= 11 is 0. The summed E-state index contributed by atoms with van der Waals surface area (Å²) in [6.07, 6.45) is -6.87. The number of carboxylic acid groups (broad SMARTS) is 2. The van der Waals surface area contributed by atoms with E-state index in [1.165, 1.54) is 24.3 Å². The Kier molecular flexibility index (Phi) is 5.59. The molecule has 10 nitrogen and oxygen atoms in total. The lowest BCUT2D eigenvalue weighted by Crippen LogP contribution is -2.61. The molecule has 1 aliphatic rings. The minimum absolute atomic E-state index is 0.204. The Morgan fingerprint density at radius 3 is 2.32 bits per heavy atom. The van der Waals surface area contributed by atoms with Gasteiger partial charge in [0.1, 0.15) is 18.3 Å². The number of carboxylic acids is 2. The topological polar surface area (TPSA) is 174 Å². The van der Waals surface area contributed by atoms with Crippen molar-refractivity contribution < 1.29 is 49.7 Å². The summed E-state index contributed by atoms with van der Waals surface area (Å²) in [6.45, 7) is 0. The molecule has 0 radical (unpaired) electrons. The molecule has 0 aliphatic carbocycles. The smallest absolute Gasteiger partial charge is 0.335 e. The Labute approximate surface area is 140 Å². The largest absolute Gasteiger partial charge is 0.504 e. The Morgan fingerprint density at radius 1 is 1.08 bits per heavy atom. The van der Waals surface area contributed by atoms with Gasteiger partial charge in [-0.05, 0) is 23.8 Å². The third kappa shape index (κ3) is 4.25. The highest BCUT2D eigenvalue weighted by molar-refractivity contribution is 5.85. The van der Waals surface area contributed by atoms with Gasteiger partial charge < -0.3 is 40.1 Å². The molecule has 0 spiro atoms. The van der Waals surface area contributed by atoms with Gasteiger partial charge in [0.05, 0.1) is 0 Å². The molecule has 1 aromatic rings. The van der Waals surface area contributed by atoms with Gasteiger partial charge in [-0.15, -0.1) is 0 Å².